The van der Waals surface area contributed by atoms with Crippen LogP contribution in [0, 0.1) is 0 Å². The molecular formula is C8H8ClF2N. The molecule has 0 saturated carbocycles. The highest BCUT2D eigenvalue weighted by Crippen LogP contribution is 2.20. The lowest BCUT2D eigenvalue weighted by Crippen LogP contribution is -2.10. The van der Waals surface area contributed by atoms with Crippen LogP contribution in [0.2, 0.25) is 5.02 Å². The maximum Gasteiger partial charge on any atom is 0.255 e. The number of anilines is 1. The van der Waals surface area contributed by atoms with E-state index in [4.69, 9.17) is 11.6 Å². The van der Waals surface area contributed by atoms with Gasteiger partial charge in [-0.2, -0.15) is 0 Å². The molecule has 0 saturated heterocycles. The summed E-state index contributed by atoms with van der Waals surface area (Å²) >= 11 is 5.70. The van der Waals surface area contributed by atoms with Crippen molar-refractivity contribution in [2.75, 3.05) is 11.9 Å². The fourth-order valence-corrected chi connectivity index (χ4v) is 0.994. The second-order valence-electron chi connectivity index (χ2n) is 2.25. The van der Waals surface area contributed by atoms with Gasteiger partial charge in [0.15, 0.2) is 0 Å². The Morgan fingerprint density at radius 3 is 2.58 bits per heavy atom. The van der Waals surface area contributed by atoms with Gasteiger partial charge in [0.05, 0.1) is 17.3 Å². The molecule has 0 amide bonds. The quantitative estimate of drug-likeness (QED) is 0.775. The van der Waals surface area contributed by atoms with Crippen molar-refractivity contribution in [1.82, 2.24) is 0 Å². The van der Waals surface area contributed by atoms with Crippen LogP contribution in [0.1, 0.15) is 0 Å². The summed E-state index contributed by atoms with van der Waals surface area (Å²) in [5, 5.41) is 2.99. The number of hydrogen-bond acceptors (Lipinski definition) is 1. The molecule has 0 heterocycles. The number of para-hydroxylation sites is 1. The van der Waals surface area contributed by atoms with E-state index in [0.29, 0.717) is 10.7 Å². The van der Waals surface area contributed by atoms with Crippen LogP contribution < -0.4 is 5.32 Å². The third-order valence-electron chi connectivity index (χ3n) is 1.32. The van der Waals surface area contributed by atoms with Crippen LogP contribution >= 0.6 is 11.6 Å². The van der Waals surface area contributed by atoms with E-state index in [1.165, 1.54) is 0 Å². The Kier molecular flexibility index (Phi) is 3.29. The molecule has 1 rings (SSSR count). The van der Waals surface area contributed by atoms with Gasteiger partial charge in [-0.3, -0.25) is 0 Å². The fraction of sp³-hybridized carbons (Fsp3) is 0.250. The molecule has 0 aromatic heterocycles. The highest BCUT2D eigenvalue weighted by Gasteiger charge is 2.02. The summed E-state index contributed by atoms with van der Waals surface area (Å²) in [6, 6.07) is 6.79. The molecule has 1 aromatic rings. The van der Waals surface area contributed by atoms with Crippen molar-refractivity contribution in [3.63, 3.8) is 0 Å². The Morgan fingerprint density at radius 1 is 1.33 bits per heavy atom. The number of halogens is 3. The summed E-state index contributed by atoms with van der Waals surface area (Å²) in [5.41, 5.74) is 0.541. The summed E-state index contributed by atoms with van der Waals surface area (Å²) in [5.74, 6) is 0. The molecule has 0 spiro atoms. The molecule has 1 N–H and O–H groups in total. The van der Waals surface area contributed by atoms with Gasteiger partial charge < -0.3 is 5.32 Å². The molecule has 0 atom stereocenters. The van der Waals surface area contributed by atoms with Crippen molar-refractivity contribution >= 4 is 17.3 Å². The van der Waals surface area contributed by atoms with E-state index in [1.807, 2.05) is 0 Å². The molecule has 66 valence electrons. The Labute approximate surface area is 74.3 Å². The molecule has 1 nitrogen and oxygen atoms in total. The minimum absolute atomic E-state index is 0.371. The average Bonchev–Trinajstić information content (AvgIpc) is 2.03. The van der Waals surface area contributed by atoms with Gasteiger partial charge >= 0.3 is 0 Å². The summed E-state index contributed by atoms with van der Waals surface area (Å²) in [7, 11) is 0. The van der Waals surface area contributed by atoms with Gasteiger partial charge in [-0.1, -0.05) is 23.7 Å². The van der Waals surface area contributed by atoms with Crippen LogP contribution in [-0.4, -0.2) is 13.0 Å². The van der Waals surface area contributed by atoms with Gasteiger partial charge in [-0.25, -0.2) is 8.78 Å². The molecule has 12 heavy (non-hydrogen) atoms. The van der Waals surface area contributed by atoms with E-state index in [2.05, 4.69) is 5.32 Å². The molecule has 0 fully saturated rings. The zero-order valence-electron chi connectivity index (χ0n) is 6.23. The Bertz CT molecular complexity index is 253. The third kappa shape index (κ3) is 2.66. The van der Waals surface area contributed by atoms with Crippen LogP contribution in [0.4, 0.5) is 14.5 Å². The topological polar surface area (TPSA) is 12.0 Å². The molecule has 4 heteroatoms. The molecule has 1 aromatic carbocycles. The first-order chi connectivity index (χ1) is 5.70. The molecule has 0 radical (unpaired) electrons. The van der Waals surface area contributed by atoms with Gasteiger partial charge in [-0.15, -0.1) is 0 Å². The van der Waals surface area contributed by atoms with E-state index in [1.54, 1.807) is 24.3 Å². The highest BCUT2D eigenvalue weighted by atomic mass is 35.5. The molecule has 0 aliphatic carbocycles. The van der Waals surface area contributed by atoms with Crippen LogP contribution in [0.15, 0.2) is 24.3 Å². The summed E-state index contributed by atoms with van der Waals surface area (Å²) in [6.45, 7) is -0.371. The fourth-order valence-electron chi connectivity index (χ4n) is 0.792. The van der Waals surface area contributed by atoms with Crippen molar-refractivity contribution in [2.45, 2.75) is 6.43 Å². The largest absolute Gasteiger partial charge is 0.378 e. The minimum Gasteiger partial charge on any atom is -0.378 e. The Balaban J connectivity index is 2.57. The first-order valence-corrected chi connectivity index (χ1v) is 3.84. The van der Waals surface area contributed by atoms with Crippen LogP contribution in [-0.2, 0) is 0 Å². The maximum atomic E-state index is 11.7. The highest BCUT2D eigenvalue weighted by molar-refractivity contribution is 6.33. The lowest BCUT2D eigenvalue weighted by Gasteiger charge is -2.06. The van der Waals surface area contributed by atoms with E-state index in [9.17, 15) is 8.78 Å². The first-order valence-electron chi connectivity index (χ1n) is 3.46. The molecule has 0 bridgehead atoms. The van der Waals surface area contributed by atoms with Crippen LogP contribution in [0.3, 0.4) is 0 Å². The SMILES string of the molecule is FC(F)CNc1ccccc1Cl. The van der Waals surface area contributed by atoms with Crippen LogP contribution in [0.5, 0.6) is 0 Å². The van der Waals surface area contributed by atoms with Gasteiger partial charge in [0.25, 0.3) is 6.43 Å². The lowest BCUT2D eigenvalue weighted by atomic mass is 10.3. The predicted molar refractivity (Wildman–Crippen MR) is 45.9 cm³/mol. The summed E-state index contributed by atoms with van der Waals surface area (Å²) in [4.78, 5) is 0. The average molecular weight is 192 g/mol. The molecule has 0 unspecified atom stereocenters. The second kappa shape index (κ2) is 4.26. The zero-order valence-corrected chi connectivity index (χ0v) is 6.98. The Hall–Kier alpha value is -0.830. The first kappa shape index (κ1) is 9.26. The van der Waals surface area contributed by atoms with Gasteiger partial charge in [0, 0.05) is 0 Å². The predicted octanol–water partition coefficient (Wildman–Crippen LogP) is 3.02. The Morgan fingerprint density at radius 2 is 2.00 bits per heavy atom. The van der Waals surface area contributed by atoms with Crippen LogP contribution in [0.25, 0.3) is 0 Å². The minimum atomic E-state index is -2.36. The van der Waals surface area contributed by atoms with E-state index >= 15 is 0 Å². The number of benzene rings is 1. The van der Waals surface area contributed by atoms with E-state index in [-0.39, 0.29) is 6.54 Å². The smallest absolute Gasteiger partial charge is 0.255 e. The normalized spacial score (nSPS) is 10.3. The number of nitrogens with one attached hydrogen (secondary N) is 1. The molecular weight excluding hydrogens is 184 g/mol. The van der Waals surface area contributed by atoms with E-state index in [0.717, 1.165) is 0 Å². The third-order valence-corrected chi connectivity index (χ3v) is 1.65. The molecule has 0 aliphatic heterocycles. The van der Waals surface area contributed by atoms with Gasteiger partial charge in [-0.05, 0) is 12.1 Å². The van der Waals surface area contributed by atoms with Crippen molar-refractivity contribution in [1.29, 1.82) is 0 Å². The summed E-state index contributed by atoms with van der Waals surface area (Å²) in [6.07, 6.45) is -2.36. The standard InChI is InChI=1S/C8H8ClF2N/c9-6-3-1-2-4-7(6)12-5-8(10)11/h1-4,8,12H,5H2. The van der Waals surface area contributed by atoms with Gasteiger partial charge in [0.1, 0.15) is 0 Å². The van der Waals surface area contributed by atoms with Crippen molar-refractivity contribution in [2.24, 2.45) is 0 Å². The van der Waals surface area contributed by atoms with Crippen molar-refractivity contribution in [3.05, 3.63) is 29.3 Å². The van der Waals surface area contributed by atoms with Gasteiger partial charge in [0.2, 0.25) is 0 Å². The van der Waals surface area contributed by atoms with Crippen molar-refractivity contribution in [3.8, 4) is 0 Å². The number of hydrogen-bond donors (Lipinski definition) is 1. The lowest BCUT2D eigenvalue weighted by molar-refractivity contribution is 0.163. The summed E-state index contributed by atoms with van der Waals surface area (Å²) < 4.78 is 23.5. The number of alkyl halides is 2. The number of rotatable bonds is 3. The second-order valence-corrected chi connectivity index (χ2v) is 2.66. The van der Waals surface area contributed by atoms with Crippen molar-refractivity contribution < 1.29 is 8.78 Å². The van der Waals surface area contributed by atoms with E-state index < -0.39 is 6.43 Å². The maximum absolute atomic E-state index is 11.7. The monoisotopic (exact) mass is 191 g/mol. The molecule has 0 aliphatic rings. The zero-order chi connectivity index (χ0) is 8.97.